The topological polar surface area (TPSA) is 63.8 Å². The fourth-order valence-corrected chi connectivity index (χ4v) is 1.25. The molecule has 4 nitrogen and oxygen atoms in total. The first kappa shape index (κ1) is 10.4. The van der Waals surface area contributed by atoms with E-state index >= 15 is 0 Å². The van der Waals surface area contributed by atoms with E-state index in [-0.39, 0.29) is 11.6 Å². The van der Waals surface area contributed by atoms with Crippen molar-refractivity contribution in [1.29, 1.82) is 0 Å². The Morgan fingerprint density at radius 2 is 2.00 bits per heavy atom. The lowest BCUT2D eigenvalue weighted by atomic mass is 10.2. The monoisotopic (exact) mass is 218 g/mol. The molecule has 1 aromatic carbocycles. The number of halogens is 1. The lowest BCUT2D eigenvalue weighted by molar-refractivity contribution is 0.619. The third-order valence-corrected chi connectivity index (χ3v) is 2.16. The molecule has 0 unspecified atom stereocenters. The Labute approximate surface area is 92.3 Å². The summed E-state index contributed by atoms with van der Waals surface area (Å²) < 4.78 is 13.3. The molecular formula is C11H11FN4. The number of benzene rings is 1. The van der Waals surface area contributed by atoms with Crippen molar-refractivity contribution < 1.29 is 4.39 Å². The average molecular weight is 218 g/mol. The van der Waals surface area contributed by atoms with Crippen molar-refractivity contribution >= 4 is 17.3 Å². The molecule has 5 heteroatoms. The van der Waals surface area contributed by atoms with Gasteiger partial charge in [0, 0.05) is 18.1 Å². The van der Waals surface area contributed by atoms with Crippen LogP contribution in [-0.4, -0.2) is 9.97 Å². The van der Waals surface area contributed by atoms with E-state index in [0.29, 0.717) is 17.1 Å². The standard InChI is InChI=1S/C11H11FN4/c1-7-2-3-8(6-9(7)12)16-11-10(13)14-4-5-15-11/h2-6H,1H3,(H2,13,14)(H,15,16). The first-order valence-corrected chi connectivity index (χ1v) is 4.76. The summed E-state index contributed by atoms with van der Waals surface area (Å²) in [6.45, 7) is 1.70. The zero-order valence-corrected chi connectivity index (χ0v) is 8.74. The lowest BCUT2D eigenvalue weighted by Crippen LogP contribution is -2.01. The number of nitrogens with two attached hydrogens (primary N) is 1. The van der Waals surface area contributed by atoms with Crippen molar-refractivity contribution in [3.63, 3.8) is 0 Å². The van der Waals surface area contributed by atoms with Crippen LogP contribution in [0.15, 0.2) is 30.6 Å². The molecule has 16 heavy (non-hydrogen) atoms. The van der Waals surface area contributed by atoms with E-state index in [1.165, 1.54) is 18.5 Å². The third-order valence-electron chi connectivity index (χ3n) is 2.16. The van der Waals surface area contributed by atoms with Gasteiger partial charge in [0.2, 0.25) is 0 Å². The van der Waals surface area contributed by atoms with Gasteiger partial charge in [0.25, 0.3) is 0 Å². The van der Waals surface area contributed by atoms with Gasteiger partial charge in [-0.15, -0.1) is 0 Å². The molecule has 2 aromatic rings. The SMILES string of the molecule is Cc1ccc(Nc2nccnc2N)cc1F. The van der Waals surface area contributed by atoms with E-state index < -0.39 is 0 Å². The molecule has 0 atom stereocenters. The van der Waals surface area contributed by atoms with Gasteiger partial charge in [0.05, 0.1) is 0 Å². The van der Waals surface area contributed by atoms with Gasteiger partial charge < -0.3 is 11.1 Å². The number of rotatable bonds is 2. The molecule has 0 fully saturated rings. The van der Waals surface area contributed by atoms with Crippen molar-refractivity contribution in [3.05, 3.63) is 42.0 Å². The maximum atomic E-state index is 13.3. The van der Waals surface area contributed by atoms with E-state index in [4.69, 9.17) is 5.73 Å². The van der Waals surface area contributed by atoms with Crippen LogP contribution in [0.2, 0.25) is 0 Å². The van der Waals surface area contributed by atoms with Crippen LogP contribution in [0.1, 0.15) is 5.56 Å². The molecule has 0 aliphatic rings. The van der Waals surface area contributed by atoms with Crippen LogP contribution in [0.4, 0.5) is 21.7 Å². The van der Waals surface area contributed by atoms with Crippen molar-refractivity contribution in [3.8, 4) is 0 Å². The molecule has 1 heterocycles. The Hall–Kier alpha value is -2.17. The smallest absolute Gasteiger partial charge is 0.173 e. The highest BCUT2D eigenvalue weighted by molar-refractivity contribution is 5.65. The molecule has 0 spiro atoms. The van der Waals surface area contributed by atoms with Gasteiger partial charge >= 0.3 is 0 Å². The zero-order chi connectivity index (χ0) is 11.5. The molecule has 1 aromatic heterocycles. The summed E-state index contributed by atoms with van der Waals surface area (Å²) in [6, 6.07) is 4.83. The van der Waals surface area contributed by atoms with Crippen molar-refractivity contribution in [2.24, 2.45) is 0 Å². The number of hydrogen-bond donors (Lipinski definition) is 2. The Bertz CT molecular complexity index is 513. The number of nitrogen functional groups attached to an aromatic ring is 1. The first-order chi connectivity index (χ1) is 7.66. The molecule has 82 valence electrons. The summed E-state index contributed by atoms with van der Waals surface area (Å²) in [4.78, 5) is 7.88. The molecule has 0 amide bonds. The van der Waals surface area contributed by atoms with Crippen LogP contribution >= 0.6 is 0 Å². The van der Waals surface area contributed by atoms with E-state index in [1.54, 1.807) is 19.1 Å². The van der Waals surface area contributed by atoms with E-state index in [9.17, 15) is 4.39 Å². The molecule has 3 N–H and O–H groups in total. The van der Waals surface area contributed by atoms with E-state index in [1.807, 2.05) is 0 Å². The van der Waals surface area contributed by atoms with E-state index in [2.05, 4.69) is 15.3 Å². The highest BCUT2D eigenvalue weighted by Gasteiger charge is 2.03. The summed E-state index contributed by atoms with van der Waals surface area (Å²) in [5.41, 5.74) is 6.79. The Balaban J connectivity index is 2.28. The minimum Gasteiger partial charge on any atom is -0.381 e. The largest absolute Gasteiger partial charge is 0.381 e. The second-order valence-electron chi connectivity index (χ2n) is 3.38. The number of anilines is 3. The number of aryl methyl sites for hydroxylation is 1. The Kier molecular flexibility index (Phi) is 2.68. The predicted octanol–water partition coefficient (Wildman–Crippen LogP) is 2.25. The summed E-state index contributed by atoms with van der Waals surface area (Å²) >= 11 is 0. The molecule has 2 rings (SSSR count). The van der Waals surface area contributed by atoms with Crippen LogP contribution < -0.4 is 11.1 Å². The van der Waals surface area contributed by atoms with Crippen molar-refractivity contribution in [1.82, 2.24) is 9.97 Å². The zero-order valence-electron chi connectivity index (χ0n) is 8.74. The van der Waals surface area contributed by atoms with Gasteiger partial charge in [-0.2, -0.15) is 0 Å². The summed E-state index contributed by atoms with van der Waals surface area (Å²) in [6.07, 6.45) is 3.01. The normalized spacial score (nSPS) is 10.1. The van der Waals surface area contributed by atoms with E-state index in [0.717, 1.165) is 0 Å². The quantitative estimate of drug-likeness (QED) is 0.811. The van der Waals surface area contributed by atoms with Gasteiger partial charge in [0.15, 0.2) is 11.6 Å². The van der Waals surface area contributed by atoms with Crippen LogP contribution in [0, 0.1) is 12.7 Å². The van der Waals surface area contributed by atoms with Gasteiger partial charge in [0.1, 0.15) is 5.82 Å². The second kappa shape index (κ2) is 4.14. The first-order valence-electron chi connectivity index (χ1n) is 4.76. The number of nitrogens with zero attached hydrogens (tertiary/aromatic N) is 2. The molecule has 0 bridgehead atoms. The van der Waals surface area contributed by atoms with Crippen LogP contribution in [-0.2, 0) is 0 Å². The minimum absolute atomic E-state index is 0.271. The fourth-order valence-electron chi connectivity index (χ4n) is 1.25. The minimum atomic E-state index is -0.271. The highest BCUT2D eigenvalue weighted by atomic mass is 19.1. The Morgan fingerprint density at radius 1 is 1.25 bits per heavy atom. The van der Waals surface area contributed by atoms with Gasteiger partial charge in [-0.05, 0) is 24.6 Å². The lowest BCUT2D eigenvalue weighted by Gasteiger charge is -2.07. The average Bonchev–Trinajstić information content (AvgIpc) is 2.27. The van der Waals surface area contributed by atoms with Crippen LogP contribution in [0.3, 0.4) is 0 Å². The van der Waals surface area contributed by atoms with Gasteiger partial charge in [-0.1, -0.05) is 6.07 Å². The molecular weight excluding hydrogens is 207 g/mol. The molecule has 0 radical (unpaired) electrons. The molecule has 0 aliphatic heterocycles. The van der Waals surface area contributed by atoms with Gasteiger partial charge in [-0.25, -0.2) is 14.4 Å². The van der Waals surface area contributed by atoms with Crippen molar-refractivity contribution in [2.45, 2.75) is 6.92 Å². The predicted molar refractivity (Wildman–Crippen MR) is 60.9 cm³/mol. The molecule has 0 saturated heterocycles. The maximum Gasteiger partial charge on any atom is 0.173 e. The molecule has 0 saturated carbocycles. The van der Waals surface area contributed by atoms with Gasteiger partial charge in [-0.3, -0.25) is 0 Å². The fraction of sp³-hybridized carbons (Fsp3) is 0.0909. The summed E-state index contributed by atoms with van der Waals surface area (Å²) in [7, 11) is 0. The van der Waals surface area contributed by atoms with Crippen LogP contribution in [0.25, 0.3) is 0 Å². The third kappa shape index (κ3) is 2.08. The summed E-state index contributed by atoms with van der Waals surface area (Å²) in [5, 5.41) is 2.90. The molecule has 0 aliphatic carbocycles. The van der Waals surface area contributed by atoms with Crippen LogP contribution in [0.5, 0.6) is 0 Å². The number of hydrogen-bond acceptors (Lipinski definition) is 4. The number of aromatic nitrogens is 2. The van der Waals surface area contributed by atoms with Crippen molar-refractivity contribution in [2.75, 3.05) is 11.1 Å². The Morgan fingerprint density at radius 3 is 2.69 bits per heavy atom. The second-order valence-corrected chi connectivity index (χ2v) is 3.38. The maximum absolute atomic E-state index is 13.3. The highest BCUT2D eigenvalue weighted by Crippen LogP contribution is 2.20. The summed E-state index contributed by atoms with van der Waals surface area (Å²) in [5.74, 6) is 0.432. The number of nitrogens with one attached hydrogen (secondary N) is 1.